The van der Waals surface area contributed by atoms with Gasteiger partial charge in [0.15, 0.2) is 11.6 Å². The van der Waals surface area contributed by atoms with Crippen LogP contribution in [-0.2, 0) is 16.1 Å². The second kappa shape index (κ2) is 14.1. The van der Waals surface area contributed by atoms with Crippen molar-refractivity contribution in [3.8, 4) is 5.75 Å². The van der Waals surface area contributed by atoms with Crippen molar-refractivity contribution in [2.75, 3.05) is 64.9 Å². The van der Waals surface area contributed by atoms with Crippen LogP contribution in [0.2, 0.25) is 0 Å². The Balaban J connectivity index is 1.25. The maximum atomic E-state index is 16.4. The average Bonchev–Trinajstić information content (AvgIpc) is 3.02. The number of piperidine rings is 1. The quantitative estimate of drug-likeness (QED) is 0.202. The zero-order valence-electron chi connectivity index (χ0n) is 24.8. The molecule has 2 aliphatic heterocycles. The number of benzene rings is 2. The standard InChI is InChI=1S/C32H38F4N4O4/c1-43-23-2-3-27-24(18-23)29(21(19-38-27)20-40-12-14-44-15-13-40)25(34)4-5-32(31(41)42)6-9-39(10-7-32)11-8-37-28-17-22(33)16-26(35)30(28)36/h2-3,16-19,25,37H,4-15,20H2,1H3,(H,41,42). The first-order valence-corrected chi connectivity index (χ1v) is 14.9. The minimum Gasteiger partial charge on any atom is -0.497 e. The second-order valence-corrected chi connectivity index (χ2v) is 11.6. The summed E-state index contributed by atoms with van der Waals surface area (Å²) in [4.78, 5) is 21.3. The number of pyridine rings is 1. The molecule has 0 aliphatic carbocycles. The molecule has 3 heterocycles. The number of carboxylic acids is 1. The first-order valence-electron chi connectivity index (χ1n) is 14.9. The van der Waals surface area contributed by atoms with E-state index in [1.807, 2.05) is 4.90 Å². The summed E-state index contributed by atoms with van der Waals surface area (Å²) in [5.74, 6) is -3.66. The van der Waals surface area contributed by atoms with Crippen molar-refractivity contribution in [2.24, 2.45) is 5.41 Å². The molecule has 1 aromatic heterocycles. The molecule has 238 valence electrons. The molecule has 44 heavy (non-hydrogen) atoms. The van der Waals surface area contributed by atoms with Gasteiger partial charge in [0.25, 0.3) is 0 Å². The van der Waals surface area contributed by atoms with E-state index in [4.69, 9.17) is 9.47 Å². The third-order valence-electron chi connectivity index (χ3n) is 8.89. The molecule has 2 saturated heterocycles. The zero-order chi connectivity index (χ0) is 31.3. The van der Waals surface area contributed by atoms with Crippen molar-refractivity contribution in [3.63, 3.8) is 0 Å². The maximum absolute atomic E-state index is 16.4. The Labute approximate surface area is 253 Å². The van der Waals surface area contributed by atoms with Gasteiger partial charge < -0.3 is 24.8 Å². The van der Waals surface area contributed by atoms with Crippen molar-refractivity contribution in [1.29, 1.82) is 0 Å². The molecule has 2 N–H and O–H groups in total. The van der Waals surface area contributed by atoms with Gasteiger partial charge in [0.05, 0.1) is 36.9 Å². The Morgan fingerprint density at radius 3 is 2.57 bits per heavy atom. The fourth-order valence-corrected chi connectivity index (χ4v) is 6.21. The Morgan fingerprint density at radius 2 is 1.86 bits per heavy atom. The minimum absolute atomic E-state index is 0.0324. The van der Waals surface area contributed by atoms with Gasteiger partial charge in [0.1, 0.15) is 17.7 Å². The third kappa shape index (κ3) is 7.24. The summed E-state index contributed by atoms with van der Waals surface area (Å²) in [5, 5.41) is 13.6. The van der Waals surface area contributed by atoms with Crippen LogP contribution in [0.25, 0.3) is 10.9 Å². The molecule has 3 aromatic rings. The SMILES string of the molecule is COc1ccc2ncc(CN3CCOCC3)c(C(F)CCC3(C(=O)O)CCN(CCNc4cc(F)cc(F)c4F)CC3)c2c1. The normalized spacial score (nSPS) is 18.3. The molecule has 0 saturated carbocycles. The molecule has 2 fully saturated rings. The summed E-state index contributed by atoms with van der Waals surface area (Å²) in [7, 11) is 1.55. The number of hydrogen-bond donors (Lipinski definition) is 2. The summed E-state index contributed by atoms with van der Waals surface area (Å²) in [6.45, 7) is 4.73. The number of nitrogens with zero attached hydrogens (tertiary/aromatic N) is 3. The van der Waals surface area contributed by atoms with Crippen molar-refractivity contribution >= 4 is 22.6 Å². The van der Waals surface area contributed by atoms with Gasteiger partial charge in [-0.3, -0.25) is 14.7 Å². The minimum atomic E-state index is -1.41. The van der Waals surface area contributed by atoms with Crippen LogP contribution in [0.5, 0.6) is 5.75 Å². The number of fused-ring (bicyclic) bond motifs is 1. The predicted octanol–water partition coefficient (Wildman–Crippen LogP) is 5.56. The van der Waals surface area contributed by atoms with Crippen molar-refractivity contribution in [2.45, 2.75) is 38.4 Å². The average molecular weight is 619 g/mol. The number of carboxylic acid groups (broad SMARTS) is 1. The zero-order valence-corrected chi connectivity index (χ0v) is 24.8. The van der Waals surface area contributed by atoms with Gasteiger partial charge in [-0.05, 0) is 62.5 Å². The van der Waals surface area contributed by atoms with Crippen LogP contribution in [0.3, 0.4) is 0 Å². The highest BCUT2D eigenvalue weighted by Crippen LogP contribution is 2.42. The van der Waals surface area contributed by atoms with Gasteiger partial charge in [-0.1, -0.05) is 0 Å². The van der Waals surface area contributed by atoms with Crippen LogP contribution in [-0.4, -0.2) is 85.5 Å². The summed E-state index contributed by atoms with van der Waals surface area (Å²) >= 11 is 0. The summed E-state index contributed by atoms with van der Waals surface area (Å²) < 4.78 is 68.2. The smallest absolute Gasteiger partial charge is 0.309 e. The number of aliphatic carboxylic acids is 1. The summed E-state index contributed by atoms with van der Waals surface area (Å²) in [6.07, 6.45) is 1.14. The Hall–Kier alpha value is -3.48. The maximum Gasteiger partial charge on any atom is 0.309 e. The highest BCUT2D eigenvalue weighted by molar-refractivity contribution is 5.85. The molecular formula is C32H38F4N4O4. The first kappa shape index (κ1) is 31.9. The summed E-state index contributed by atoms with van der Waals surface area (Å²) in [5.41, 5.74) is 0.580. The number of morpholine rings is 1. The van der Waals surface area contributed by atoms with Crippen LogP contribution in [0.1, 0.15) is 43.0 Å². The van der Waals surface area contributed by atoms with Crippen molar-refractivity contribution < 1.29 is 36.9 Å². The molecule has 2 aromatic carbocycles. The number of anilines is 1. The predicted molar refractivity (Wildman–Crippen MR) is 158 cm³/mol. The summed E-state index contributed by atoms with van der Waals surface area (Å²) in [6, 6.07) is 6.75. The van der Waals surface area contributed by atoms with Crippen LogP contribution in [0.4, 0.5) is 23.2 Å². The van der Waals surface area contributed by atoms with Crippen molar-refractivity contribution in [3.05, 3.63) is 65.1 Å². The number of alkyl halides is 1. The van der Waals surface area contributed by atoms with Gasteiger partial charge >= 0.3 is 5.97 Å². The molecule has 1 atom stereocenters. The van der Waals surface area contributed by atoms with Gasteiger partial charge in [0.2, 0.25) is 0 Å². The van der Waals surface area contributed by atoms with Gasteiger partial charge in [-0.15, -0.1) is 0 Å². The van der Waals surface area contributed by atoms with E-state index >= 15 is 4.39 Å². The van der Waals surface area contributed by atoms with Crippen LogP contribution < -0.4 is 10.1 Å². The lowest BCUT2D eigenvalue weighted by molar-refractivity contribution is -0.153. The van der Waals surface area contributed by atoms with Gasteiger partial charge in [-0.25, -0.2) is 17.6 Å². The number of ether oxygens (including phenoxy) is 2. The van der Waals surface area contributed by atoms with Gasteiger partial charge in [-0.2, -0.15) is 0 Å². The van der Waals surface area contributed by atoms with E-state index in [0.717, 1.165) is 24.7 Å². The number of hydrogen-bond acceptors (Lipinski definition) is 7. The Kier molecular flexibility index (Phi) is 10.2. The monoisotopic (exact) mass is 618 g/mol. The molecule has 12 heteroatoms. The number of aromatic nitrogens is 1. The van der Waals surface area contributed by atoms with Gasteiger partial charge in [0, 0.05) is 62.0 Å². The van der Waals surface area contributed by atoms with E-state index in [2.05, 4.69) is 15.2 Å². The van der Waals surface area contributed by atoms with Crippen molar-refractivity contribution in [1.82, 2.24) is 14.8 Å². The van der Waals surface area contributed by atoms with E-state index in [1.165, 1.54) is 0 Å². The molecule has 1 unspecified atom stereocenters. The fourth-order valence-electron chi connectivity index (χ4n) is 6.21. The van der Waals surface area contributed by atoms with Crippen LogP contribution in [0.15, 0.2) is 36.5 Å². The lowest BCUT2D eigenvalue weighted by Gasteiger charge is -2.39. The number of likely N-dealkylation sites (tertiary alicyclic amines) is 1. The van der Waals surface area contributed by atoms with E-state index in [9.17, 15) is 23.1 Å². The number of methoxy groups -OCH3 is 1. The molecular weight excluding hydrogens is 580 g/mol. The number of carbonyl (C=O) groups is 1. The van der Waals surface area contributed by atoms with E-state index < -0.39 is 35.0 Å². The molecule has 5 rings (SSSR count). The van der Waals surface area contributed by atoms with E-state index in [-0.39, 0.29) is 25.1 Å². The number of halogens is 4. The van der Waals surface area contributed by atoms with E-state index in [1.54, 1.807) is 31.5 Å². The Bertz CT molecular complexity index is 1460. The molecule has 0 spiro atoms. The molecule has 0 bridgehead atoms. The molecule has 8 nitrogen and oxygen atoms in total. The number of rotatable bonds is 12. The van der Waals surface area contributed by atoms with Crippen LogP contribution >= 0.6 is 0 Å². The highest BCUT2D eigenvalue weighted by Gasteiger charge is 2.42. The molecule has 0 amide bonds. The lowest BCUT2D eigenvalue weighted by Crippen LogP contribution is -2.45. The largest absolute Gasteiger partial charge is 0.497 e. The topological polar surface area (TPSA) is 87.2 Å². The van der Waals surface area contributed by atoms with Crippen LogP contribution in [0, 0.1) is 22.9 Å². The third-order valence-corrected chi connectivity index (χ3v) is 8.89. The second-order valence-electron chi connectivity index (χ2n) is 11.6. The van der Waals surface area contributed by atoms with E-state index in [0.29, 0.717) is 80.5 Å². The number of nitrogens with one attached hydrogen (secondary N) is 1. The molecule has 0 radical (unpaired) electrons. The first-order chi connectivity index (χ1) is 21.2. The molecule has 2 aliphatic rings. The lowest BCUT2D eigenvalue weighted by atomic mass is 9.74. The highest BCUT2D eigenvalue weighted by atomic mass is 19.2. The Morgan fingerprint density at radius 1 is 1.11 bits per heavy atom. The fraction of sp³-hybridized carbons (Fsp3) is 0.500.